The molecule has 1 heterocycles. The number of aromatic nitrogens is 2. The predicted octanol–water partition coefficient (Wildman–Crippen LogP) is 2.67. The molecular formula is C20H24N4O5. The molecule has 0 unspecified atom stereocenters. The number of fused-ring (bicyclic) bond motifs is 1. The molecule has 1 amide bonds. The van der Waals surface area contributed by atoms with Crippen LogP contribution in [0.5, 0.6) is 0 Å². The van der Waals surface area contributed by atoms with Crippen LogP contribution >= 0.6 is 0 Å². The Kier molecular flexibility index (Phi) is 7.76. The Hall–Kier alpha value is -3.36. The summed E-state index contributed by atoms with van der Waals surface area (Å²) in [6.07, 6.45) is 2.47. The van der Waals surface area contributed by atoms with Crippen molar-refractivity contribution in [1.82, 2.24) is 9.97 Å². The summed E-state index contributed by atoms with van der Waals surface area (Å²) in [5.41, 5.74) is 1.16. The molecule has 0 saturated carbocycles. The van der Waals surface area contributed by atoms with Gasteiger partial charge in [0.25, 0.3) is 0 Å². The van der Waals surface area contributed by atoms with Crippen molar-refractivity contribution in [2.24, 2.45) is 16.8 Å². The first-order valence-electron chi connectivity index (χ1n) is 9.30. The van der Waals surface area contributed by atoms with E-state index in [9.17, 15) is 14.4 Å². The fourth-order valence-corrected chi connectivity index (χ4v) is 2.34. The summed E-state index contributed by atoms with van der Waals surface area (Å²) >= 11 is 0. The van der Waals surface area contributed by atoms with Gasteiger partial charge >= 0.3 is 11.9 Å². The van der Waals surface area contributed by atoms with Gasteiger partial charge in [-0.3, -0.25) is 14.4 Å². The lowest BCUT2D eigenvalue weighted by molar-refractivity contribution is -0.157. The molecule has 29 heavy (non-hydrogen) atoms. The van der Waals surface area contributed by atoms with E-state index < -0.39 is 17.9 Å². The van der Waals surface area contributed by atoms with Crippen molar-refractivity contribution in [3.63, 3.8) is 0 Å². The average Bonchev–Trinajstić information content (AvgIpc) is 2.68. The third-order valence-corrected chi connectivity index (χ3v) is 3.83. The van der Waals surface area contributed by atoms with Crippen LogP contribution in [0.2, 0.25) is 0 Å². The Morgan fingerprint density at radius 2 is 1.76 bits per heavy atom. The van der Waals surface area contributed by atoms with E-state index in [0.29, 0.717) is 16.6 Å². The maximum absolute atomic E-state index is 12.1. The second-order valence-corrected chi connectivity index (χ2v) is 6.33. The Labute approximate surface area is 168 Å². The highest BCUT2D eigenvalue weighted by molar-refractivity contribution is 6.10. The fraction of sp³-hybridized carbons (Fsp3) is 0.400. The minimum atomic E-state index is -1.30. The number of amides is 1. The molecule has 0 aliphatic heterocycles. The summed E-state index contributed by atoms with van der Waals surface area (Å²) in [6.45, 7) is 7.11. The van der Waals surface area contributed by atoms with E-state index in [4.69, 9.17) is 9.47 Å². The topological polar surface area (TPSA) is 120 Å². The Bertz CT molecular complexity index is 908. The second-order valence-electron chi connectivity index (χ2n) is 6.33. The molecular weight excluding hydrogens is 376 g/mol. The van der Waals surface area contributed by atoms with Crippen LogP contribution in [0.15, 0.2) is 29.5 Å². The molecule has 2 rings (SSSR count). The van der Waals surface area contributed by atoms with E-state index in [2.05, 4.69) is 20.3 Å². The molecule has 0 fully saturated rings. The molecule has 9 heteroatoms. The van der Waals surface area contributed by atoms with Crippen molar-refractivity contribution in [2.75, 3.05) is 18.5 Å². The molecule has 0 saturated heterocycles. The zero-order chi connectivity index (χ0) is 21.4. The van der Waals surface area contributed by atoms with Gasteiger partial charge in [-0.2, -0.15) is 0 Å². The highest BCUT2D eigenvalue weighted by Crippen LogP contribution is 2.25. The number of carbonyl (C=O) groups excluding carboxylic acids is 3. The lowest BCUT2D eigenvalue weighted by atomic mass is 10.1. The monoisotopic (exact) mass is 400 g/mol. The van der Waals surface area contributed by atoms with Crippen LogP contribution in [0.1, 0.15) is 27.7 Å². The highest BCUT2D eigenvalue weighted by atomic mass is 16.6. The maximum atomic E-state index is 12.1. The molecule has 0 bridgehead atoms. The smallest absolute Gasteiger partial charge is 0.325 e. The van der Waals surface area contributed by atoms with Crippen LogP contribution in [0.3, 0.4) is 0 Å². The minimum Gasteiger partial charge on any atom is -0.465 e. The Balaban J connectivity index is 2.38. The number of rotatable bonds is 8. The summed E-state index contributed by atoms with van der Waals surface area (Å²) < 4.78 is 9.84. The van der Waals surface area contributed by atoms with Crippen LogP contribution in [0.25, 0.3) is 10.9 Å². The molecule has 1 N–H and O–H groups in total. The number of benzene rings is 1. The van der Waals surface area contributed by atoms with Gasteiger partial charge in [-0.15, -0.1) is 0 Å². The molecule has 154 valence electrons. The van der Waals surface area contributed by atoms with E-state index in [1.807, 2.05) is 0 Å². The summed E-state index contributed by atoms with van der Waals surface area (Å²) in [4.78, 5) is 48.6. The molecule has 0 spiro atoms. The number of carbonyl (C=O) groups is 3. The van der Waals surface area contributed by atoms with Gasteiger partial charge in [0, 0.05) is 23.2 Å². The van der Waals surface area contributed by atoms with Crippen LogP contribution < -0.4 is 5.32 Å². The first-order chi connectivity index (χ1) is 13.9. The normalized spacial score (nSPS) is 11.2. The summed E-state index contributed by atoms with van der Waals surface area (Å²) in [7, 11) is 0. The van der Waals surface area contributed by atoms with Crippen LogP contribution in [-0.4, -0.2) is 47.2 Å². The van der Waals surface area contributed by atoms with Gasteiger partial charge in [0.05, 0.1) is 18.7 Å². The van der Waals surface area contributed by atoms with Crippen molar-refractivity contribution < 1.29 is 23.9 Å². The average molecular weight is 400 g/mol. The molecule has 2 aromatic rings. The van der Waals surface area contributed by atoms with Crippen molar-refractivity contribution in [2.45, 2.75) is 27.7 Å². The number of ether oxygens (including phenoxy) is 2. The van der Waals surface area contributed by atoms with Gasteiger partial charge in [0.2, 0.25) is 5.91 Å². The predicted molar refractivity (Wildman–Crippen MR) is 108 cm³/mol. The number of anilines is 1. The maximum Gasteiger partial charge on any atom is 0.325 e. The van der Waals surface area contributed by atoms with E-state index in [1.165, 1.54) is 6.33 Å². The lowest BCUT2D eigenvalue weighted by Gasteiger charge is -2.10. The lowest BCUT2D eigenvalue weighted by Crippen LogP contribution is -2.29. The molecule has 0 radical (unpaired) electrons. The zero-order valence-electron chi connectivity index (χ0n) is 16.8. The Morgan fingerprint density at radius 1 is 1.10 bits per heavy atom. The summed E-state index contributed by atoms with van der Waals surface area (Å²) in [5, 5.41) is 3.35. The second kappa shape index (κ2) is 10.3. The van der Waals surface area contributed by atoms with Crippen LogP contribution in [-0.2, 0) is 23.9 Å². The Morgan fingerprint density at radius 3 is 2.34 bits per heavy atom. The number of aliphatic imine (C=N–C) groups is 1. The molecule has 0 atom stereocenters. The van der Waals surface area contributed by atoms with Crippen LogP contribution in [0, 0.1) is 11.8 Å². The quantitative estimate of drug-likeness (QED) is 0.411. The number of hydrogen-bond donors (Lipinski definition) is 1. The summed E-state index contributed by atoms with van der Waals surface area (Å²) in [5.74, 6) is -2.87. The molecule has 0 aliphatic carbocycles. The number of nitrogens with zero attached hydrogens (tertiary/aromatic N) is 3. The molecule has 1 aromatic carbocycles. The van der Waals surface area contributed by atoms with Gasteiger partial charge in [0.1, 0.15) is 6.33 Å². The first kappa shape index (κ1) is 21.9. The number of esters is 2. The van der Waals surface area contributed by atoms with Crippen molar-refractivity contribution in [3.8, 4) is 0 Å². The van der Waals surface area contributed by atoms with Gasteiger partial charge in [0.15, 0.2) is 11.7 Å². The van der Waals surface area contributed by atoms with E-state index in [-0.39, 0.29) is 30.9 Å². The van der Waals surface area contributed by atoms with Gasteiger partial charge in [-0.1, -0.05) is 13.8 Å². The molecule has 0 aliphatic rings. The summed E-state index contributed by atoms with van der Waals surface area (Å²) in [6, 6.07) is 5.13. The van der Waals surface area contributed by atoms with Crippen molar-refractivity contribution in [3.05, 3.63) is 24.5 Å². The van der Waals surface area contributed by atoms with Gasteiger partial charge in [-0.05, 0) is 32.0 Å². The van der Waals surface area contributed by atoms with Gasteiger partial charge in [-0.25, -0.2) is 15.0 Å². The molecule has 9 nitrogen and oxygen atoms in total. The van der Waals surface area contributed by atoms with Crippen molar-refractivity contribution >= 4 is 46.5 Å². The van der Waals surface area contributed by atoms with E-state index in [1.54, 1.807) is 45.9 Å². The fourth-order valence-electron chi connectivity index (χ4n) is 2.34. The largest absolute Gasteiger partial charge is 0.465 e. The number of hydrogen-bond acceptors (Lipinski definition) is 8. The third-order valence-electron chi connectivity index (χ3n) is 3.83. The standard InChI is InChI=1S/C20H24N4O5/c1-5-28-19(26)15(20(27)29-6-2)10-21-17-14-9-13(24-18(25)12(3)4)7-8-16(14)22-11-23-17/h7-12,15H,5-6H2,1-4H3,(H,24,25). The van der Waals surface area contributed by atoms with Gasteiger partial charge < -0.3 is 14.8 Å². The first-order valence-corrected chi connectivity index (χ1v) is 9.30. The SMILES string of the molecule is CCOC(=O)C(C=Nc1ncnc2ccc(NC(=O)C(C)C)cc12)C(=O)OCC. The number of nitrogens with one attached hydrogen (secondary N) is 1. The van der Waals surface area contributed by atoms with E-state index in [0.717, 1.165) is 6.21 Å². The molecule has 1 aromatic heterocycles. The third kappa shape index (κ3) is 5.81. The van der Waals surface area contributed by atoms with Crippen LogP contribution in [0.4, 0.5) is 11.5 Å². The minimum absolute atomic E-state index is 0.123. The highest BCUT2D eigenvalue weighted by Gasteiger charge is 2.28. The van der Waals surface area contributed by atoms with Crippen molar-refractivity contribution in [1.29, 1.82) is 0 Å². The zero-order valence-corrected chi connectivity index (χ0v) is 16.8. The van der Waals surface area contributed by atoms with E-state index >= 15 is 0 Å².